The van der Waals surface area contributed by atoms with E-state index in [2.05, 4.69) is 0 Å². The molecule has 0 aliphatic carbocycles. The van der Waals surface area contributed by atoms with E-state index in [1.807, 2.05) is 0 Å². The maximum atomic E-state index is 13.3. The standard InChI is InChI=1S/C16H14Cl2FNO2S/c17-12-4-6-13(7-5-12)23(21,22)20-9-1-2-16(20)11-3-8-15(19)14(18)10-11/h3-8,10,16H,1-2,9H2/t16-/m0/s1. The van der Waals surface area contributed by atoms with Crippen molar-refractivity contribution in [2.24, 2.45) is 0 Å². The smallest absolute Gasteiger partial charge is 0.207 e. The molecule has 2 aromatic carbocycles. The number of rotatable bonds is 3. The Morgan fingerprint density at radius 2 is 1.78 bits per heavy atom. The molecule has 3 rings (SSSR count). The summed E-state index contributed by atoms with van der Waals surface area (Å²) in [5, 5.41) is 0.477. The normalized spacial score (nSPS) is 19.2. The van der Waals surface area contributed by atoms with Crippen molar-refractivity contribution in [3.63, 3.8) is 0 Å². The van der Waals surface area contributed by atoms with E-state index in [1.54, 1.807) is 18.2 Å². The zero-order chi connectivity index (χ0) is 16.6. The van der Waals surface area contributed by atoms with E-state index in [0.717, 1.165) is 6.42 Å². The lowest BCUT2D eigenvalue weighted by molar-refractivity contribution is 0.396. The molecular formula is C16H14Cl2FNO2S. The molecule has 0 amide bonds. The topological polar surface area (TPSA) is 37.4 Å². The summed E-state index contributed by atoms with van der Waals surface area (Å²) >= 11 is 11.7. The maximum absolute atomic E-state index is 13.3. The molecule has 0 radical (unpaired) electrons. The Bertz CT molecular complexity index is 824. The van der Waals surface area contributed by atoms with Crippen LogP contribution >= 0.6 is 23.2 Å². The summed E-state index contributed by atoms with van der Waals surface area (Å²) in [6.07, 6.45) is 1.42. The highest BCUT2D eigenvalue weighted by Crippen LogP contribution is 2.37. The zero-order valence-electron chi connectivity index (χ0n) is 12.0. The molecule has 1 saturated heterocycles. The van der Waals surface area contributed by atoms with Crippen molar-refractivity contribution in [2.45, 2.75) is 23.8 Å². The summed E-state index contributed by atoms with van der Waals surface area (Å²) in [4.78, 5) is 0.196. The van der Waals surface area contributed by atoms with Gasteiger partial charge in [0.05, 0.1) is 16.0 Å². The first-order chi connectivity index (χ1) is 10.9. The second-order valence-corrected chi connectivity index (χ2v) is 8.14. The molecule has 0 unspecified atom stereocenters. The van der Waals surface area contributed by atoms with Crippen molar-refractivity contribution >= 4 is 33.2 Å². The van der Waals surface area contributed by atoms with Crippen LogP contribution in [0.5, 0.6) is 0 Å². The second kappa shape index (κ2) is 6.40. The fourth-order valence-corrected chi connectivity index (χ4v) is 4.82. The molecule has 7 heteroatoms. The van der Waals surface area contributed by atoms with Gasteiger partial charge in [-0.3, -0.25) is 0 Å². The molecule has 2 aromatic rings. The number of nitrogens with zero attached hydrogens (tertiary/aromatic N) is 1. The van der Waals surface area contributed by atoms with Gasteiger partial charge in [0, 0.05) is 11.6 Å². The average molecular weight is 374 g/mol. The van der Waals surface area contributed by atoms with Gasteiger partial charge in [0.25, 0.3) is 0 Å². The van der Waals surface area contributed by atoms with Crippen molar-refractivity contribution in [3.8, 4) is 0 Å². The fraction of sp³-hybridized carbons (Fsp3) is 0.250. The monoisotopic (exact) mass is 373 g/mol. The molecular weight excluding hydrogens is 360 g/mol. The van der Waals surface area contributed by atoms with Crippen molar-refractivity contribution in [3.05, 3.63) is 63.9 Å². The number of hydrogen-bond acceptors (Lipinski definition) is 2. The van der Waals surface area contributed by atoms with E-state index in [1.165, 1.54) is 28.6 Å². The lowest BCUT2D eigenvalue weighted by Crippen LogP contribution is -2.30. The summed E-state index contributed by atoms with van der Waals surface area (Å²) in [5.74, 6) is -0.513. The third-order valence-corrected chi connectivity index (χ3v) is 6.42. The van der Waals surface area contributed by atoms with E-state index in [-0.39, 0.29) is 16.0 Å². The molecule has 0 bridgehead atoms. The van der Waals surface area contributed by atoms with Crippen LogP contribution in [0.2, 0.25) is 10.0 Å². The van der Waals surface area contributed by atoms with Gasteiger partial charge >= 0.3 is 0 Å². The first kappa shape index (κ1) is 16.7. The summed E-state index contributed by atoms with van der Waals surface area (Å²) in [6.45, 7) is 0.421. The van der Waals surface area contributed by atoms with Crippen LogP contribution < -0.4 is 0 Å². The molecule has 0 saturated carbocycles. The van der Waals surface area contributed by atoms with Gasteiger partial charge in [-0.05, 0) is 54.8 Å². The first-order valence-corrected chi connectivity index (χ1v) is 9.31. The molecule has 0 spiro atoms. The van der Waals surface area contributed by atoms with Crippen LogP contribution in [0.4, 0.5) is 4.39 Å². The molecule has 3 nitrogen and oxygen atoms in total. The number of halogens is 3. The minimum atomic E-state index is -3.64. The highest BCUT2D eigenvalue weighted by atomic mass is 35.5. The predicted molar refractivity (Wildman–Crippen MR) is 88.7 cm³/mol. The first-order valence-electron chi connectivity index (χ1n) is 7.12. The Morgan fingerprint density at radius 1 is 1.09 bits per heavy atom. The molecule has 23 heavy (non-hydrogen) atoms. The van der Waals surface area contributed by atoms with E-state index in [0.29, 0.717) is 23.6 Å². The van der Waals surface area contributed by atoms with E-state index < -0.39 is 15.8 Å². The van der Waals surface area contributed by atoms with Crippen molar-refractivity contribution in [1.82, 2.24) is 4.31 Å². The molecule has 1 aliphatic rings. The molecule has 1 aliphatic heterocycles. The number of sulfonamides is 1. The van der Waals surface area contributed by atoms with Crippen LogP contribution in [0.3, 0.4) is 0 Å². The maximum Gasteiger partial charge on any atom is 0.243 e. The fourth-order valence-electron chi connectivity index (χ4n) is 2.82. The largest absolute Gasteiger partial charge is 0.243 e. The van der Waals surface area contributed by atoms with E-state index >= 15 is 0 Å². The molecule has 1 atom stereocenters. The summed E-state index contributed by atoms with van der Waals surface area (Å²) in [6, 6.07) is 10.1. The minimum absolute atomic E-state index is 0.00163. The number of hydrogen-bond donors (Lipinski definition) is 0. The zero-order valence-corrected chi connectivity index (χ0v) is 14.4. The van der Waals surface area contributed by atoms with Crippen LogP contribution in [0.1, 0.15) is 24.4 Å². The minimum Gasteiger partial charge on any atom is -0.207 e. The highest BCUT2D eigenvalue weighted by Gasteiger charge is 2.36. The highest BCUT2D eigenvalue weighted by molar-refractivity contribution is 7.89. The molecule has 1 heterocycles. The van der Waals surface area contributed by atoms with Crippen LogP contribution in [0.25, 0.3) is 0 Å². The Kier molecular flexibility index (Phi) is 4.65. The third-order valence-electron chi connectivity index (χ3n) is 3.95. The van der Waals surface area contributed by atoms with Gasteiger partial charge < -0.3 is 0 Å². The van der Waals surface area contributed by atoms with Crippen LogP contribution in [-0.4, -0.2) is 19.3 Å². The molecule has 122 valence electrons. The predicted octanol–water partition coefficient (Wildman–Crippen LogP) is 4.66. The SMILES string of the molecule is O=S(=O)(c1ccc(Cl)cc1)N1CCC[C@H]1c1ccc(F)c(Cl)c1. The van der Waals surface area contributed by atoms with Gasteiger partial charge in [0.2, 0.25) is 10.0 Å². The quantitative estimate of drug-likeness (QED) is 0.784. The Hall–Kier alpha value is -1.14. The van der Waals surface area contributed by atoms with Gasteiger partial charge in [-0.2, -0.15) is 4.31 Å². The summed E-state index contributed by atoms with van der Waals surface area (Å²) < 4.78 is 40.5. The van der Waals surface area contributed by atoms with Gasteiger partial charge in [-0.1, -0.05) is 29.3 Å². The van der Waals surface area contributed by atoms with Crippen molar-refractivity contribution in [1.29, 1.82) is 0 Å². The van der Waals surface area contributed by atoms with E-state index in [4.69, 9.17) is 23.2 Å². The van der Waals surface area contributed by atoms with Crippen LogP contribution in [0.15, 0.2) is 47.4 Å². The van der Waals surface area contributed by atoms with Gasteiger partial charge in [0.15, 0.2) is 0 Å². The molecule has 1 fully saturated rings. The van der Waals surface area contributed by atoms with Crippen LogP contribution in [-0.2, 0) is 10.0 Å². The molecule has 0 aromatic heterocycles. The lowest BCUT2D eigenvalue weighted by atomic mass is 10.1. The average Bonchev–Trinajstić information content (AvgIpc) is 3.01. The Morgan fingerprint density at radius 3 is 2.43 bits per heavy atom. The summed E-state index contributed by atoms with van der Waals surface area (Å²) in [7, 11) is -3.64. The second-order valence-electron chi connectivity index (χ2n) is 5.40. The van der Waals surface area contributed by atoms with Gasteiger partial charge in [0.1, 0.15) is 5.82 Å². The molecule has 0 N–H and O–H groups in total. The van der Waals surface area contributed by atoms with Crippen LogP contribution in [0, 0.1) is 5.82 Å². The number of benzene rings is 2. The Balaban J connectivity index is 1.97. The summed E-state index contributed by atoms with van der Waals surface area (Å²) in [5.41, 5.74) is 0.700. The lowest BCUT2D eigenvalue weighted by Gasteiger charge is -2.24. The van der Waals surface area contributed by atoms with Gasteiger partial charge in [-0.15, -0.1) is 0 Å². The van der Waals surface area contributed by atoms with Crippen molar-refractivity contribution < 1.29 is 12.8 Å². The van der Waals surface area contributed by atoms with Gasteiger partial charge in [-0.25, -0.2) is 12.8 Å². The van der Waals surface area contributed by atoms with Crippen molar-refractivity contribution in [2.75, 3.05) is 6.54 Å². The van der Waals surface area contributed by atoms with E-state index in [9.17, 15) is 12.8 Å². The third kappa shape index (κ3) is 3.24. The Labute approximate surface area is 144 Å².